The summed E-state index contributed by atoms with van der Waals surface area (Å²) in [4.78, 5) is 25.0. The molecular weight excluding hydrogens is 318 g/mol. The summed E-state index contributed by atoms with van der Waals surface area (Å²) in [6.07, 6.45) is 0.299. The quantitative estimate of drug-likeness (QED) is 0.794. The molecule has 126 valence electrons. The minimum atomic E-state index is -0.607. The fourth-order valence-corrected chi connectivity index (χ4v) is 2.53. The Kier molecular flexibility index (Phi) is 5.65. The summed E-state index contributed by atoms with van der Waals surface area (Å²) in [5, 5.41) is 0.665. The van der Waals surface area contributed by atoms with Crippen LogP contribution in [-0.4, -0.2) is 48.2 Å². The van der Waals surface area contributed by atoms with Gasteiger partial charge in [-0.3, -0.25) is 4.90 Å². The minimum absolute atomic E-state index is 0.178. The molecule has 0 radical (unpaired) electrons. The molecule has 1 saturated heterocycles. The average molecular weight is 340 g/mol. The molecule has 1 heterocycles. The molecular formula is C17H22ClNO4. The highest BCUT2D eigenvalue weighted by molar-refractivity contribution is 6.30. The van der Waals surface area contributed by atoms with Crippen LogP contribution in [0.5, 0.6) is 0 Å². The van der Waals surface area contributed by atoms with Gasteiger partial charge in [0, 0.05) is 5.02 Å². The maximum absolute atomic E-state index is 12.4. The standard InChI is InChI=1S/C17H22ClNO4/c1-17(2,3)23-16(21)19-9-15(10-20)22-11-14(19)8-12-4-6-13(18)7-5-12/h4-7,10,14-15H,8-9,11H2,1-3H3/t14?,15-/m1/s1. The van der Waals surface area contributed by atoms with Crippen molar-refractivity contribution in [3.05, 3.63) is 34.9 Å². The maximum atomic E-state index is 12.4. The summed E-state index contributed by atoms with van der Waals surface area (Å²) in [5.74, 6) is 0. The molecule has 2 atom stereocenters. The molecule has 1 fully saturated rings. The van der Waals surface area contributed by atoms with Gasteiger partial charge in [0.15, 0.2) is 6.29 Å². The number of hydrogen-bond acceptors (Lipinski definition) is 4. The molecule has 0 bridgehead atoms. The molecule has 1 aromatic carbocycles. The second-order valence-corrected chi connectivity index (χ2v) is 7.06. The SMILES string of the molecule is CC(C)(C)OC(=O)N1C[C@H](C=O)OCC1Cc1ccc(Cl)cc1. The molecule has 1 unspecified atom stereocenters. The Morgan fingerprint density at radius 2 is 2.04 bits per heavy atom. The van der Waals surface area contributed by atoms with E-state index in [9.17, 15) is 9.59 Å². The van der Waals surface area contributed by atoms with Gasteiger partial charge >= 0.3 is 6.09 Å². The summed E-state index contributed by atoms with van der Waals surface area (Å²) >= 11 is 5.90. The van der Waals surface area contributed by atoms with Crippen molar-refractivity contribution in [1.82, 2.24) is 4.90 Å². The van der Waals surface area contributed by atoms with E-state index in [4.69, 9.17) is 21.1 Å². The molecule has 0 saturated carbocycles. The molecule has 6 heteroatoms. The van der Waals surface area contributed by atoms with Crippen LogP contribution in [0.4, 0.5) is 4.79 Å². The van der Waals surface area contributed by atoms with Gasteiger partial charge in [-0.25, -0.2) is 4.79 Å². The highest BCUT2D eigenvalue weighted by Crippen LogP contribution is 2.20. The van der Waals surface area contributed by atoms with Gasteiger partial charge in [0.2, 0.25) is 0 Å². The molecule has 5 nitrogen and oxygen atoms in total. The molecule has 1 aromatic rings. The lowest BCUT2D eigenvalue weighted by Crippen LogP contribution is -2.54. The first-order valence-corrected chi connectivity index (χ1v) is 7.97. The lowest BCUT2D eigenvalue weighted by Gasteiger charge is -2.38. The molecule has 0 N–H and O–H groups in total. The Labute approximate surface area is 141 Å². The summed E-state index contributed by atoms with van der Waals surface area (Å²) in [5.41, 5.74) is 0.456. The zero-order valence-electron chi connectivity index (χ0n) is 13.6. The monoisotopic (exact) mass is 339 g/mol. The first-order chi connectivity index (χ1) is 10.8. The summed E-state index contributed by atoms with van der Waals surface area (Å²) in [7, 11) is 0. The van der Waals surface area contributed by atoms with Gasteiger partial charge in [-0.15, -0.1) is 0 Å². The van der Waals surface area contributed by atoms with E-state index >= 15 is 0 Å². The first-order valence-electron chi connectivity index (χ1n) is 7.59. The number of halogens is 1. The molecule has 1 aliphatic heterocycles. The van der Waals surface area contributed by atoms with Crippen molar-refractivity contribution in [2.24, 2.45) is 0 Å². The highest BCUT2D eigenvalue weighted by atomic mass is 35.5. The van der Waals surface area contributed by atoms with Crippen LogP contribution in [0.2, 0.25) is 5.02 Å². The fraction of sp³-hybridized carbons (Fsp3) is 0.529. The van der Waals surface area contributed by atoms with Crippen LogP contribution in [0.25, 0.3) is 0 Å². The third-order valence-corrected chi connectivity index (χ3v) is 3.74. The highest BCUT2D eigenvalue weighted by Gasteiger charge is 2.34. The van der Waals surface area contributed by atoms with Crippen LogP contribution in [-0.2, 0) is 20.7 Å². The number of benzene rings is 1. The predicted molar refractivity (Wildman–Crippen MR) is 87.7 cm³/mol. The van der Waals surface area contributed by atoms with Crippen molar-refractivity contribution in [2.45, 2.75) is 44.9 Å². The summed E-state index contributed by atoms with van der Waals surface area (Å²) < 4.78 is 11.0. The van der Waals surface area contributed by atoms with Crippen molar-refractivity contribution in [2.75, 3.05) is 13.2 Å². The number of aldehydes is 1. The summed E-state index contributed by atoms with van der Waals surface area (Å²) in [6.45, 7) is 5.95. The molecule has 0 aliphatic carbocycles. The van der Waals surface area contributed by atoms with Crippen molar-refractivity contribution < 1.29 is 19.1 Å². The van der Waals surface area contributed by atoms with Crippen molar-refractivity contribution >= 4 is 24.0 Å². The Morgan fingerprint density at radius 3 is 2.61 bits per heavy atom. The van der Waals surface area contributed by atoms with Gasteiger partial charge < -0.3 is 14.3 Å². The van der Waals surface area contributed by atoms with Crippen LogP contribution in [0.15, 0.2) is 24.3 Å². The zero-order chi connectivity index (χ0) is 17.0. The van der Waals surface area contributed by atoms with Crippen molar-refractivity contribution in [1.29, 1.82) is 0 Å². The Morgan fingerprint density at radius 1 is 1.39 bits per heavy atom. The molecule has 1 amide bonds. The van der Waals surface area contributed by atoms with Crippen molar-refractivity contribution in [3.8, 4) is 0 Å². The second kappa shape index (κ2) is 7.32. The number of rotatable bonds is 3. The normalized spacial score (nSPS) is 21.8. The number of carbonyl (C=O) groups excluding carboxylic acids is 2. The number of carbonyl (C=O) groups is 2. The van der Waals surface area contributed by atoms with Crippen molar-refractivity contribution in [3.63, 3.8) is 0 Å². The number of amides is 1. The van der Waals surface area contributed by atoms with E-state index in [-0.39, 0.29) is 12.6 Å². The molecule has 0 spiro atoms. The first kappa shape index (κ1) is 17.8. The van der Waals surface area contributed by atoms with Gasteiger partial charge in [0.25, 0.3) is 0 Å². The van der Waals surface area contributed by atoms with Crippen LogP contribution in [0, 0.1) is 0 Å². The lowest BCUT2D eigenvalue weighted by atomic mass is 10.0. The molecule has 23 heavy (non-hydrogen) atoms. The second-order valence-electron chi connectivity index (χ2n) is 6.62. The minimum Gasteiger partial charge on any atom is -0.444 e. The zero-order valence-corrected chi connectivity index (χ0v) is 14.4. The van der Waals surface area contributed by atoms with Gasteiger partial charge in [0.1, 0.15) is 11.7 Å². The predicted octanol–water partition coefficient (Wildman–Crippen LogP) is 3.09. The molecule has 0 aromatic heterocycles. The number of hydrogen-bond donors (Lipinski definition) is 0. The van der Waals surface area contributed by atoms with E-state index in [1.165, 1.54) is 0 Å². The third-order valence-electron chi connectivity index (χ3n) is 3.48. The average Bonchev–Trinajstić information content (AvgIpc) is 2.48. The van der Waals surface area contributed by atoms with E-state index < -0.39 is 17.8 Å². The van der Waals surface area contributed by atoms with E-state index in [0.29, 0.717) is 18.1 Å². The number of ether oxygens (including phenoxy) is 2. The van der Waals surface area contributed by atoms with E-state index in [1.807, 2.05) is 45.0 Å². The molecule has 2 rings (SSSR count). The van der Waals surface area contributed by atoms with Gasteiger partial charge in [-0.1, -0.05) is 23.7 Å². The smallest absolute Gasteiger partial charge is 0.410 e. The van der Waals surface area contributed by atoms with Crippen LogP contribution >= 0.6 is 11.6 Å². The van der Waals surface area contributed by atoms with Crippen LogP contribution < -0.4 is 0 Å². The topological polar surface area (TPSA) is 55.8 Å². The lowest BCUT2D eigenvalue weighted by molar-refractivity contribution is -0.126. The largest absolute Gasteiger partial charge is 0.444 e. The van der Waals surface area contributed by atoms with E-state index in [2.05, 4.69) is 0 Å². The number of morpholine rings is 1. The Hall–Kier alpha value is -1.59. The Bertz CT molecular complexity index is 553. The maximum Gasteiger partial charge on any atom is 0.410 e. The van der Waals surface area contributed by atoms with Crippen LogP contribution in [0.1, 0.15) is 26.3 Å². The number of nitrogens with zero attached hydrogens (tertiary/aromatic N) is 1. The molecule has 1 aliphatic rings. The van der Waals surface area contributed by atoms with E-state index in [1.54, 1.807) is 4.90 Å². The van der Waals surface area contributed by atoms with Gasteiger partial charge in [-0.05, 0) is 44.9 Å². The summed E-state index contributed by atoms with van der Waals surface area (Å²) in [6, 6.07) is 7.28. The van der Waals surface area contributed by atoms with Gasteiger partial charge in [0.05, 0.1) is 19.2 Å². The van der Waals surface area contributed by atoms with Crippen LogP contribution in [0.3, 0.4) is 0 Å². The Balaban J connectivity index is 2.12. The van der Waals surface area contributed by atoms with Gasteiger partial charge in [-0.2, -0.15) is 0 Å². The van der Waals surface area contributed by atoms with E-state index in [0.717, 1.165) is 11.8 Å². The fourth-order valence-electron chi connectivity index (χ4n) is 2.41. The third kappa shape index (κ3) is 5.22.